The van der Waals surface area contributed by atoms with Gasteiger partial charge in [-0.2, -0.15) is 4.68 Å². The monoisotopic (exact) mass is 283 g/mol. The molecule has 0 radical (unpaired) electrons. The van der Waals surface area contributed by atoms with Crippen LogP contribution in [0.3, 0.4) is 0 Å². The fourth-order valence-electron chi connectivity index (χ4n) is 2.40. The zero-order chi connectivity index (χ0) is 15.0. The topological polar surface area (TPSA) is 69.6 Å². The van der Waals surface area contributed by atoms with Gasteiger partial charge in [-0.25, -0.2) is 4.39 Å². The van der Waals surface area contributed by atoms with Crippen LogP contribution in [0.1, 0.15) is 11.1 Å². The number of hydrogen-bond donors (Lipinski definition) is 1. The van der Waals surface area contributed by atoms with E-state index in [2.05, 4.69) is 15.5 Å². The van der Waals surface area contributed by atoms with E-state index in [9.17, 15) is 4.39 Å². The lowest BCUT2D eigenvalue weighted by Crippen LogP contribution is -2.05. The first-order valence-electron chi connectivity index (χ1n) is 6.47. The number of rotatable bonds is 2. The molecule has 0 spiro atoms. The molecule has 0 aliphatic carbocycles. The van der Waals surface area contributed by atoms with Gasteiger partial charge in [0.1, 0.15) is 5.82 Å². The standard InChI is InChI=1S/C15H14FN5/c1-9-4-3-5-10(2)14(9)21-15(18-19-20-21)11-6-12(16)8-13(17)7-11/h3-8H,17H2,1-2H3. The Balaban J connectivity index is 2.22. The van der Waals surface area contributed by atoms with Crippen LogP contribution in [0.4, 0.5) is 10.1 Å². The SMILES string of the molecule is Cc1cccc(C)c1-n1nnnc1-c1cc(N)cc(F)c1. The molecule has 1 heterocycles. The fourth-order valence-corrected chi connectivity index (χ4v) is 2.40. The lowest BCUT2D eigenvalue weighted by molar-refractivity contribution is 0.628. The van der Waals surface area contributed by atoms with Gasteiger partial charge in [0.15, 0.2) is 5.82 Å². The molecule has 6 heteroatoms. The molecule has 106 valence electrons. The van der Waals surface area contributed by atoms with Crippen molar-refractivity contribution in [3.05, 3.63) is 53.3 Å². The summed E-state index contributed by atoms with van der Waals surface area (Å²) in [7, 11) is 0. The summed E-state index contributed by atoms with van der Waals surface area (Å²) >= 11 is 0. The van der Waals surface area contributed by atoms with E-state index in [4.69, 9.17) is 5.73 Å². The first kappa shape index (κ1) is 13.2. The highest BCUT2D eigenvalue weighted by molar-refractivity contribution is 5.64. The third-order valence-electron chi connectivity index (χ3n) is 3.30. The van der Waals surface area contributed by atoms with Gasteiger partial charge in [-0.3, -0.25) is 0 Å². The number of anilines is 1. The summed E-state index contributed by atoms with van der Waals surface area (Å²) in [5.41, 5.74) is 9.53. The van der Waals surface area contributed by atoms with E-state index in [1.54, 1.807) is 10.7 Å². The Labute approximate surface area is 121 Å². The van der Waals surface area contributed by atoms with Gasteiger partial charge in [0, 0.05) is 11.3 Å². The molecular formula is C15H14FN5. The van der Waals surface area contributed by atoms with Crippen LogP contribution in [0.2, 0.25) is 0 Å². The number of aromatic nitrogens is 4. The third-order valence-corrected chi connectivity index (χ3v) is 3.30. The summed E-state index contributed by atoms with van der Waals surface area (Å²) in [6.45, 7) is 3.96. The highest BCUT2D eigenvalue weighted by Crippen LogP contribution is 2.25. The van der Waals surface area contributed by atoms with Gasteiger partial charge in [0.05, 0.1) is 5.69 Å². The van der Waals surface area contributed by atoms with Crippen LogP contribution in [0.5, 0.6) is 0 Å². The van der Waals surface area contributed by atoms with Crippen molar-refractivity contribution in [2.75, 3.05) is 5.73 Å². The molecule has 3 aromatic rings. The second-order valence-electron chi connectivity index (χ2n) is 4.93. The Morgan fingerprint density at radius 2 is 1.81 bits per heavy atom. The van der Waals surface area contributed by atoms with E-state index < -0.39 is 5.82 Å². The van der Waals surface area contributed by atoms with Gasteiger partial charge in [-0.15, -0.1) is 5.10 Å². The Kier molecular flexibility index (Phi) is 3.13. The summed E-state index contributed by atoms with van der Waals surface area (Å²) in [4.78, 5) is 0. The minimum atomic E-state index is -0.416. The van der Waals surface area contributed by atoms with Crippen molar-refractivity contribution in [2.45, 2.75) is 13.8 Å². The number of nitrogen functional groups attached to an aromatic ring is 1. The predicted molar refractivity (Wildman–Crippen MR) is 78.4 cm³/mol. The number of nitrogens with two attached hydrogens (primary N) is 1. The predicted octanol–water partition coefficient (Wildman–Crippen LogP) is 2.67. The summed E-state index contributed by atoms with van der Waals surface area (Å²) in [5.74, 6) is 0.0413. The van der Waals surface area contributed by atoms with Crippen LogP contribution in [-0.4, -0.2) is 20.2 Å². The Morgan fingerprint density at radius 3 is 2.48 bits per heavy atom. The lowest BCUT2D eigenvalue weighted by atomic mass is 10.1. The van der Waals surface area contributed by atoms with Gasteiger partial charge in [-0.1, -0.05) is 18.2 Å². The van der Waals surface area contributed by atoms with E-state index >= 15 is 0 Å². The van der Waals surface area contributed by atoms with Crippen molar-refractivity contribution in [3.63, 3.8) is 0 Å². The molecule has 0 bridgehead atoms. The van der Waals surface area contributed by atoms with Crippen LogP contribution in [0.25, 0.3) is 17.1 Å². The number of halogens is 1. The minimum absolute atomic E-state index is 0.334. The Bertz CT molecular complexity index is 769. The first-order chi connectivity index (χ1) is 10.1. The maximum absolute atomic E-state index is 13.6. The maximum Gasteiger partial charge on any atom is 0.187 e. The molecule has 0 saturated heterocycles. The van der Waals surface area contributed by atoms with Gasteiger partial charge < -0.3 is 5.73 Å². The molecule has 0 fully saturated rings. The molecular weight excluding hydrogens is 269 g/mol. The molecule has 0 unspecified atom stereocenters. The van der Waals surface area contributed by atoms with Crippen LogP contribution < -0.4 is 5.73 Å². The maximum atomic E-state index is 13.6. The van der Waals surface area contributed by atoms with Crippen LogP contribution >= 0.6 is 0 Å². The third kappa shape index (κ3) is 2.35. The number of benzene rings is 2. The summed E-state index contributed by atoms with van der Waals surface area (Å²) in [6, 6.07) is 10.2. The Hall–Kier alpha value is -2.76. The van der Waals surface area contributed by atoms with Crippen molar-refractivity contribution < 1.29 is 4.39 Å². The fraction of sp³-hybridized carbons (Fsp3) is 0.133. The van der Waals surface area contributed by atoms with Crippen molar-refractivity contribution in [3.8, 4) is 17.1 Å². The number of hydrogen-bond acceptors (Lipinski definition) is 4. The quantitative estimate of drug-likeness (QED) is 0.734. The highest BCUT2D eigenvalue weighted by Gasteiger charge is 2.15. The molecule has 0 aliphatic rings. The molecule has 5 nitrogen and oxygen atoms in total. The zero-order valence-electron chi connectivity index (χ0n) is 11.7. The van der Waals surface area contributed by atoms with E-state index in [-0.39, 0.29) is 0 Å². The van der Waals surface area contributed by atoms with Gasteiger partial charge in [0.25, 0.3) is 0 Å². The van der Waals surface area contributed by atoms with Crippen LogP contribution in [0, 0.1) is 19.7 Å². The summed E-state index contributed by atoms with van der Waals surface area (Å²) in [5, 5.41) is 11.8. The van der Waals surface area contributed by atoms with E-state index in [1.807, 2.05) is 32.0 Å². The van der Waals surface area contributed by atoms with Gasteiger partial charge in [0.2, 0.25) is 0 Å². The minimum Gasteiger partial charge on any atom is -0.399 e. The molecule has 1 aromatic heterocycles. The second-order valence-corrected chi connectivity index (χ2v) is 4.93. The smallest absolute Gasteiger partial charge is 0.187 e. The molecule has 2 N–H and O–H groups in total. The molecule has 2 aromatic carbocycles. The lowest BCUT2D eigenvalue weighted by Gasteiger charge is -2.11. The van der Waals surface area contributed by atoms with Crippen molar-refractivity contribution in [1.82, 2.24) is 20.2 Å². The van der Waals surface area contributed by atoms with Crippen LogP contribution in [0.15, 0.2) is 36.4 Å². The zero-order valence-corrected chi connectivity index (χ0v) is 11.7. The highest BCUT2D eigenvalue weighted by atomic mass is 19.1. The second kappa shape index (κ2) is 4.97. The number of tetrazole rings is 1. The molecule has 0 aliphatic heterocycles. The molecule has 0 saturated carbocycles. The molecule has 21 heavy (non-hydrogen) atoms. The normalized spacial score (nSPS) is 10.8. The van der Waals surface area contributed by atoms with Crippen molar-refractivity contribution in [1.29, 1.82) is 0 Å². The summed E-state index contributed by atoms with van der Waals surface area (Å²) < 4.78 is 15.2. The van der Waals surface area contributed by atoms with Crippen LogP contribution in [-0.2, 0) is 0 Å². The van der Waals surface area contributed by atoms with Crippen molar-refractivity contribution >= 4 is 5.69 Å². The molecule has 3 rings (SSSR count). The van der Waals surface area contributed by atoms with E-state index in [0.717, 1.165) is 16.8 Å². The largest absolute Gasteiger partial charge is 0.399 e. The average Bonchev–Trinajstić information content (AvgIpc) is 2.86. The van der Waals surface area contributed by atoms with Gasteiger partial charge >= 0.3 is 0 Å². The molecule has 0 atom stereocenters. The van der Waals surface area contributed by atoms with Crippen molar-refractivity contribution in [2.24, 2.45) is 0 Å². The van der Waals surface area contributed by atoms with Gasteiger partial charge in [-0.05, 0) is 53.6 Å². The van der Waals surface area contributed by atoms with E-state index in [1.165, 1.54) is 12.1 Å². The number of nitrogens with zero attached hydrogens (tertiary/aromatic N) is 4. The Morgan fingerprint density at radius 1 is 1.10 bits per heavy atom. The molecule has 0 amide bonds. The average molecular weight is 283 g/mol. The first-order valence-corrected chi connectivity index (χ1v) is 6.47. The summed E-state index contributed by atoms with van der Waals surface area (Å²) in [6.07, 6.45) is 0. The number of aryl methyl sites for hydroxylation is 2. The number of para-hydroxylation sites is 1. The van der Waals surface area contributed by atoms with E-state index in [0.29, 0.717) is 17.1 Å².